The van der Waals surface area contributed by atoms with Crippen LogP contribution in [0.4, 0.5) is 0 Å². The van der Waals surface area contributed by atoms with Gasteiger partial charge in [-0.2, -0.15) is 0 Å². The standard InChI is InChI=1S/C21H24N4O/c1(10-24-12-9-23-17-24)11-25(15-18-4-7-22-8-5-18)16-19-2-3-21-20(14-19)6-13-26-21/h2-5,7-9,12,14,17H,1,6,10-11,13,15-16H2. The number of aromatic nitrogens is 3. The van der Waals surface area contributed by atoms with Crippen LogP contribution in [0, 0.1) is 0 Å². The molecule has 4 rings (SSSR count). The lowest BCUT2D eigenvalue weighted by Gasteiger charge is -2.23. The van der Waals surface area contributed by atoms with Crippen LogP contribution in [-0.4, -0.2) is 32.6 Å². The molecule has 0 atom stereocenters. The van der Waals surface area contributed by atoms with Crippen LogP contribution in [0.15, 0.2) is 61.4 Å². The van der Waals surface area contributed by atoms with Gasteiger partial charge in [0, 0.05) is 57.4 Å². The third kappa shape index (κ3) is 4.29. The summed E-state index contributed by atoms with van der Waals surface area (Å²) in [6.45, 7) is 4.71. The highest BCUT2D eigenvalue weighted by Gasteiger charge is 2.14. The Morgan fingerprint density at radius 3 is 2.73 bits per heavy atom. The van der Waals surface area contributed by atoms with Gasteiger partial charge in [0.1, 0.15) is 5.75 Å². The molecule has 2 aromatic heterocycles. The summed E-state index contributed by atoms with van der Waals surface area (Å²) in [4.78, 5) is 10.8. The number of pyridine rings is 1. The van der Waals surface area contributed by atoms with Gasteiger partial charge in [-0.15, -0.1) is 0 Å². The highest BCUT2D eigenvalue weighted by atomic mass is 16.5. The largest absolute Gasteiger partial charge is 0.493 e. The molecule has 0 N–H and O–H groups in total. The van der Waals surface area contributed by atoms with Crippen molar-refractivity contribution in [1.82, 2.24) is 19.4 Å². The fraction of sp³-hybridized carbons (Fsp3) is 0.333. The first-order chi connectivity index (χ1) is 12.9. The maximum atomic E-state index is 5.63. The second-order valence-corrected chi connectivity index (χ2v) is 6.76. The lowest BCUT2D eigenvalue weighted by molar-refractivity contribution is 0.248. The van der Waals surface area contributed by atoms with E-state index in [4.69, 9.17) is 4.74 Å². The smallest absolute Gasteiger partial charge is 0.122 e. The first-order valence-electron chi connectivity index (χ1n) is 9.18. The minimum absolute atomic E-state index is 0.810. The SMILES string of the molecule is c1cc(CN(CCCn2ccnc2)Cc2ccc3c(c2)CCO3)ccn1. The van der Waals surface area contributed by atoms with Crippen molar-refractivity contribution in [3.05, 3.63) is 78.1 Å². The van der Waals surface area contributed by atoms with E-state index < -0.39 is 0 Å². The van der Waals surface area contributed by atoms with E-state index in [2.05, 4.69) is 49.8 Å². The molecule has 0 bridgehead atoms. The normalized spacial score (nSPS) is 13.0. The Morgan fingerprint density at radius 2 is 1.88 bits per heavy atom. The monoisotopic (exact) mass is 348 g/mol. The molecule has 1 aliphatic heterocycles. The molecule has 0 amide bonds. The molecule has 0 radical (unpaired) electrons. The van der Waals surface area contributed by atoms with Crippen LogP contribution < -0.4 is 4.74 Å². The summed E-state index contributed by atoms with van der Waals surface area (Å²) < 4.78 is 7.77. The zero-order valence-electron chi connectivity index (χ0n) is 14.9. The zero-order valence-corrected chi connectivity index (χ0v) is 14.9. The first kappa shape index (κ1) is 16.8. The number of imidazole rings is 1. The summed E-state index contributed by atoms with van der Waals surface area (Å²) in [5.74, 6) is 1.05. The summed E-state index contributed by atoms with van der Waals surface area (Å²) in [5.41, 5.74) is 3.99. The molecule has 0 aliphatic carbocycles. The molecular formula is C21H24N4O. The number of nitrogens with zero attached hydrogens (tertiary/aromatic N) is 4. The van der Waals surface area contributed by atoms with Gasteiger partial charge in [-0.25, -0.2) is 4.98 Å². The van der Waals surface area contributed by atoms with Gasteiger partial charge in [0.25, 0.3) is 0 Å². The lowest BCUT2D eigenvalue weighted by Crippen LogP contribution is -2.25. The van der Waals surface area contributed by atoms with Gasteiger partial charge < -0.3 is 9.30 Å². The molecule has 5 nitrogen and oxygen atoms in total. The Labute approximate surface area is 154 Å². The van der Waals surface area contributed by atoms with E-state index in [0.717, 1.165) is 51.4 Å². The summed E-state index contributed by atoms with van der Waals surface area (Å²) in [6, 6.07) is 10.8. The highest BCUT2D eigenvalue weighted by molar-refractivity contribution is 5.39. The van der Waals surface area contributed by atoms with Crippen molar-refractivity contribution in [2.45, 2.75) is 32.5 Å². The molecule has 3 heterocycles. The van der Waals surface area contributed by atoms with E-state index in [1.54, 1.807) is 0 Å². The number of hydrogen-bond acceptors (Lipinski definition) is 4. The molecule has 3 aromatic rings. The number of fused-ring (bicyclic) bond motifs is 1. The number of aryl methyl sites for hydroxylation is 1. The molecule has 0 fully saturated rings. The maximum absolute atomic E-state index is 5.63. The van der Waals surface area contributed by atoms with Gasteiger partial charge in [-0.3, -0.25) is 9.88 Å². The van der Waals surface area contributed by atoms with Gasteiger partial charge in [0.2, 0.25) is 0 Å². The van der Waals surface area contributed by atoms with Crippen molar-refractivity contribution in [3.8, 4) is 5.75 Å². The summed E-state index contributed by atoms with van der Waals surface area (Å²) in [5, 5.41) is 0. The Kier molecular flexibility index (Phi) is 5.26. The van der Waals surface area contributed by atoms with Crippen LogP contribution in [0.1, 0.15) is 23.1 Å². The maximum Gasteiger partial charge on any atom is 0.122 e. The quantitative estimate of drug-likeness (QED) is 0.626. The van der Waals surface area contributed by atoms with Gasteiger partial charge in [0.15, 0.2) is 0 Å². The minimum Gasteiger partial charge on any atom is -0.493 e. The van der Waals surface area contributed by atoms with Gasteiger partial charge in [0.05, 0.1) is 12.9 Å². The molecule has 134 valence electrons. The average molecular weight is 348 g/mol. The molecular weight excluding hydrogens is 324 g/mol. The Morgan fingerprint density at radius 1 is 1.00 bits per heavy atom. The molecule has 1 aliphatic rings. The van der Waals surface area contributed by atoms with E-state index in [-0.39, 0.29) is 0 Å². The van der Waals surface area contributed by atoms with E-state index in [1.807, 2.05) is 31.1 Å². The van der Waals surface area contributed by atoms with E-state index in [9.17, 15) is 0 Å². The van der Waals surface area contributed by atoms with Crippen molar-refractivity contribution >= 4 is 0 Å². The third-order valence-electron chi connectivity index (χ3n) is 4.77. The predicted molar refractivity (Wildman–Crippen MR) is 101 cm³/mol. The molecule has 0 unspecified atom stereocenters. The van der Waals surface area contributed by atoms with Crippen LogP contribution in [0.25, 0.3) is 0 Å². The molecule has 5 heteroatoms. The number of hydrogen-bond donors (Lipinski definition) is 0. The summed E-state index contributed by atoms with van der Waals surface area (Å²) >= 11 is 0. The van der Waals surface area contributed by atoms with E-state index in [1.165, 1.54) is 16.7 Å². The first-order valence-corrected chi connectivity index (χ1v) is 9.18. The molecule has 0 saturated carbocycles. The zero-order chi connectivity index (χ0) is 17.6. The predicted octanol–water partition coefficient (Wildman–Crippen LogP) is 3.31. The third-order valence-corrected chi connectivity index (χ3v) is 4.77. The van der Waals surface area contributed by atoms with Crippen LogP contribution in [-0.2, 0) is 26.1 Å². The second kappa shape index (κ2) is 8.15. The van der Waals surface area contributed by atoms with Crippen molar-refractivity contribution in [2.24, 2.45) is 0 Å². The fourth-order valence-corrected chi connectivity index (χ4v) is 3.45. The molecule has 0 saturated heterocycles. The van der Waals surface area contributed by atoms with Crippen molar-refractivity contribution in [2.75, 3.05) is 13.2 Å². The van der Waals surface area contributed by atoms with Gasteiger partial charge in [-0.05, 0) is 41.3 Å². The fourth-order valence-electron chi connectivity index (χ4n) is 3.45. The second-order valence-electron chi connectivity index (χ2n) is 6.76. The molecule has 1 aromatic carbocycles. The van der Waals surface area contributed by atoms with Crippen molar-refractivity contribution < 1.29 is 4.74 Å². The highest BCUT2D eigenvalue weighted by Crippen LogP contribution is 2.26. The van der Waals surface area contributed by atoms with Crippen LogP contribution in [0.3, 0.4) is 0 Å². The van der Waals surface area contributed by atoms with Crippen molar-refractivity contribution in [3.63, 3.8) is 0 Å². The number of rotatable bonds is 8. The van der Waals surface area contributed by atoms with Crippen LogP contribution in [0.2, 0.25) is 0 Å². The number of benzene rings is 1. The van der Waals surface area contributed by atoms with Gasteiger partial charge in [-0.1, -0.05) is 12.1 Å². The van der Waals surface area contributed by atoms with E-state index in [0.29, 0.717) is 0 Å². The molecule has 0 spiro atoms. The molecule has 26 heavy (non-hydrogen) atoms. The summed E-state index contributed by atoms with van der Waals surface area (Å²) in [6.07, 6.45) is 11.6. The van der Waals surface area contributed by atoms with Crippen LogP contribution >= 0.6 is 0 Å². The summed E-state index contributed by atoms with van der Waals surface area (Å²) in [7, 11) is 0. The Bertz CT molecular complexity index is 817. The van der Waals surface area contributed by atoms with Crippen molar-refractivity contribution in [1.29, 1.82) is 0 Å². The van der Waals surface area contributed by atoms with Crippen LogP contribution in [0.5, 0.6) is 5.75 Å². The minimum atomic E-state index is 0.810. The lowest BCUT2D eigenvalue weighted by atomic mass is 10.1. The average Bonchev–Trinajstić information content (AvgIpc) is 3.33. The number of ether oxygens (including phenoxy) is 1. The Hall–Kier alpha value is -2.66. The topological polar surface area (TPSA) is 43.2 Å². The van der Waals surface area contributed by atoms with Gasteiger partial charge >= 0.3 is 0 Å². The Balaban J connectivity index is 1.42. The van der Waals surface area contributed by atoms with E-state index >= 15 is 0 Å².